The molecule has 0 aliphatic carbocycles. The van der Waals surface area contributed by atoms with Gasteiger partial charge in [-0.15, -0.1) is 0 Å². The Morgan fingerprint density at radius 1 is 1.00 bits per heavy atom. The number of nitrogens with zero attached hydrogens (tertiary/aromatic N) is 3. The van der Waals surface area contributed by atoms with Gasteiger partial charge in [-0.1, -0.05) is 65.8 Å². The zero-order valence-electron chi connectivity index (χ0n) is 17.0. The Morgan fingerprint density at radius 3 is 2.31 bits per heavy atom. The Bertz CT molecular complexity index is 821. The van der Waals surface area contributed by atoms with E-state index in [1.165, 1.54) is 19.3 Å². The molecule has 1 fully saturated rings. The van der Waals surface area contributed by atoms with Gasteiger partial charge >= 0.3 is 0 Å². The zero-order valence-corrected chi connectivity index (χ0v) is 17.0. The Morgan fingerprint density at radius 2 is 1.69 bits per heavy atom. The van der Waals surface area contributed by atoms with Crippen molar-refractivity contribution in [1.29, 1.82) is 0 Å². The third kappa shape index (κ3) is 5.31. The van der Waals surface area contributed by atoms with E-state index in [0.29, 0.717) is 24.4 Å². The third-order valence-electron chi connectivity index (χ3n) is 5.52. The van der Waals surface area contributed by atoms with Crippen LogP contribution in [0.15, 0.2) is 65.2 Å². The van der Waals surface area contributed by atoms with Gasteiger partial charge in [0.25, 0.3) is 0 Å². The second-order valence-electron chi connectivity index (χ2n) is 7.82. The summed E-state index contributed by atoms with van der Waals surface area (Å²) in [6, 6.07) is 20.7. The fourth-order valence-corrected chi connectivity index (χ4v) is 3.94. The number of ether oxygens (including phenoxy) is 1. The van der Waals surface area contributed by atoms with E-state index in [-0.39, 0.29) is 5.92 Å². The largest absolute Gasteiger partial charge is 0.378 e. The molecule has 2 aromatic carbocycles. The van der Waals surface area contributed by atoms with Crippen molar-refractivity contribution in [2.75, 3.05) is 20.2 Å². The maximum Gasteiger partial charge on any atom is 0.240 e. The predicted molar refractivity (Wildman–Crippen MR) is 113 cm³/mol. The number of hydrogen-bond acceptors (Lipinski definition) is 5. The zero-order chi connectivity index (χ0) is 19.9. The van der Waals surface area contributed by atoms with Gasteiger partial charge in [0, 0.05) is 13.2 Å². The van der Waals surface area contributed by atoms with E-state index < -0.39 is 0 Å². The van der Waals surface area contributed by atoms with Gasteiger partial charge in [-0.2, -0.15) is 4.98 Å². The van der Waals surface area contributed by atoms with Crippen molar-refractivity contribution >= 4 is 0 Å². The summed E-state index contributed by atoms with van der Waals surface area (Å²) in [5.74, 6) is 1.33. The molecule has 4 rings (SSSR count). The van der Waals surface area contributed by atoms with Gasteiger partial charge in [0.05, 0.1) is 18.6 Å². The number of aromatic nitrogens is 2. The molecule has 152 valence electrons. The van der Waals surface area contributed by atoms with Gasteiger partial charge in [0.1, 0.15) is 0 Å². The molecule has 0 amide bonds. The van der Waals surface area contributed by atoms with E-state index >= 15 is 0 Å². The minimum atomic E-state index is -0.0316. The van der Waals surface area contributed by atoms with E-state index in [1.54, 1.807) is 0 Å². The van der Waals surface area contributed by atoms with E-state index in [4.69, 9.17) is 14.2 Å². The molecule has 1 atom stereocenters. The molecule has 2 heterocycles. The van der Waals surface area contributed by atoms with Crippen LogP contribution in [-0.4, -0.2) is 41.3 Å². The highest BCUT2D eigenvalue weighted by atomic mass is 16.5. The van der Waals surface area contributed by atoms with Crippen molar-refractivity contribution in [2.45, 2.75) is 44.2 Å². The SMILES string of the molecule is CN(CC[C@H]1CCCCO1)Cc1nc(C(c2ccccc2)c2ccccc2)no1. The summed E-state index contributed by atoms with van der Waals surface area (Å²) in [5, 5.41) is 4.33. The highest BCUT2D eigenvalue weighted by molar-refractivity contribution is 5.37. The topological polar surface area (TPSA) is 51.4 Å². The maximum absolute atomic E-state index is 5.83. The Balaban J connectivity index is 1.44. The second-order valence-corrected chi connectivity index (χ2v) is 7.82. The minimum Gasteiger partial charge on any atom is -0.378 e. The summed E-state index contributed by atoms with van der Waals surface area (Å²) in [6.07, 6.45) is 5.09. The first-order chi connectivity index (χ1) is 14.3. The van der Waals surface area contributed by atoms with Crippen LogP contribution >= 0.6 is 0 Å². The lowest BCUT2D eigenvalue weighted by Crippen LogP contribution is -2.26. The quantitative estimate of drug-likeness (QED) is 0.560. The number of benzene rings is 2. The molecular weight excluding hydrogens is 362 g/mol. The van der Waals surface area contributed by atoms with Crippen LogP contribution in [0.5, 0.6) is 0 Å². The van der Waals surface area contributed by atoms with Crippen LogP contribution in [0.4, 0.5) is 0 Å². The van der Waals surface area contributed by atoms with Crippen LogP contribution in [0, 0.1) is 0 Å². The normalized spacial score (nSPS) is 17.1. The van der Waals surface area contributed by atoms with Crippen molar-refractivity contribution in [3.05, 3.63) is 83.5 Å². The average Bonchev–Trinajstić information content (AvgIpc) is 3.22. The van der Waals surface area contributed by atoms with Crippen LogP contribution in [0.2, 0.25) is 0 Å². The van der Waals surface area contributed by atoms with Crippen molar-refractivity contribution in [1.82, 2.24) is 15.0 Å². The van der Waals surface area contributed by atoms with Crippen LogP contribution in [0.1, 0.15) is 54.4 Å². The lowest BCUT2D eigenvalue weighted by Gasteiger charge is -2.24. The molecule has 0 saturated carbocycles. The average molecular weight is 392 g/mol. The second kappa shape index (κ2) is 9.81. The highest BCUT2D eigenvalue weighted by Crippen LogP contribution is 2.30. The molecule has 3 aromatic rings. The molecule has 5 nitrogen and oxygen atoms in total. The lowest BCUT2D eigenvalue weighted by molar-refractivity contribution is 0.00602. The molecule has 0 radical (unpaired) electrons. The smallest absolute Gasteiger partial charge is 0.240 e. The molecule has 0 unspecified atom stereocenters. The van der Waals surface area contributed by atoms with Crippen LogP contribution in [0.25, 0.3) is 0 Å². The molecular formula is C24H29N3O2. The van der Waals surface area contributed by atoms with Crippen LogP contribution in [0.3, 0.4) is 0 Å². The lowest BCUT2D eigenvalue weighted by atomic mass is 9.91. The summed E-state index contributed by atoms with van der Waals surface area (Å²) in [4.78, 5) is 6.98. The van der Waals surface area contributed by atoms with Gasteiger partial charge < -0.3 is 9.26 Å². The number of hydrogen-bond donors (Lipinski definition) is 0. The Labute approximate surface area is 172 Å². The molecule has 0 spiro atoms. The molecule has 1 aliphatic rings. The van der Waals surface area contributed by atoms with Crippen LogP contribution in [-0.2, 0) is 11.3 Å². The van der Waals surface area contributed by atoms with Gasteiger partial charge in [-0.25, -0.2) is 0 Å². The summed E-state index contributed by atoms with van der Waals surface area (Å²) in [7, 11) is 2.10. The van der Waals surface area contributed by atoms with E-state index in [1.807, 2.05) is 36.4 Å². The van der Waals surface area contributed by atoms with Gasteiger partial charge in [0.2, 0.25) is 5.89 Å². The van der Waals surface area contributed by atoms with Gasteiger partial charge in [-0.05, 0) is 43.9 Å². The fourth-order valence-electron chi connectivity index (χ4n) is 3.94. The fraction of sp³-hybridized carbons (Fsp3) is 0.417. The standard InChI is InChI=1S/C24H29N3O2/c1-27(16-15-21-14-8-9-17-28-21)18-22-25-24(26-29-22)23(19-10-4-2-5-11-19)20-12-6-3-7-13-20/h2-7,10-13,21,23H,8-9,14-18H2,1H3/t21-/m1/s1. The first-order valence-electron chi connectivity index (χ1n) is 10.5. The molecule has 1 saturated heterocycles. The summed E-state index contributed by atoms with van der Waals surface area (Å²) < 4.78 is 11.5. The predicted octanol–water partition coefficient (Wildman–Crippen LogP) is 4.64. The van der Waals surface area contributed by atoms with Crippen molar-refractivity contribution in [3.8, 4) is 0 Å². The molecule has 1 aromatic heterocycles. The van der Waals surface area contributed by atoms with E-state index in [9.17, 15) is 0 Å². The van der Waals surface area contributed by atoms with Gasteiger partial charge in [-0.3, -0.25) is 4.90 Å². The third-order valence-corrected chi connectivity index (χ3v) is 5.52. The Hall–Kier alpha value is -2.50. The minimum absolute atomic E-state index is 0.0316. The van der Waals surface area contributed by atoms with Crippen LogP contribution < -0.4 is 0 Å². The maximum atomic E-state index is 5.83. The molecule has 1 aliphatic heterocycles. The molecule has 29 heavy (non-hydrogen) atoms. The highest BCUT2D eigenvalue weighted by Gasteiger charge is 2.23. The summed E-state index contributed by atoms with van der Waals surface area (Å²) in [6.45, 7) is 2.51. The molecule has 0 bridgehead atoms. The van der Waals surface area contributed by atoms with E-state index in [0.717, 1.165) is 30.7 Å². The van der Waals surface area contributed by atoms with Gasteiger partial charge in [0.15, 0.2) is 5.82 Å². The summed E-state index contributed by atoms with van der Waals surface area (Å²) in [5.41, 5.74) is 2.32. The first-order valence-corrected chi connectivity index (χ1v) is 10.5. The number of rotatable bonds is 8. The monoisotopic (exact) mass is 391 g/mol. The summed E-state index contributed by atoms with van der Waals surface area (Å²) >= 11 is 0. The Kier molecular flexibility index (Phi) is 6.70. The van der Waals surface area contributed by atoms with Crippen molar-refractivity contribution in [3.63, 3.8) is 0 Å². The first kappa shape index (κ1) is 19.8. The van der Waals surface area contributed by atoms with Crippen molar-refractivity contribution in [2.24, 2.45) is 0 Å². The van der Waals surface area contributed by atoms with Crippen molar-refractivity contribution < 1.29 is 9.26 Å². The molecule has 5 heteroatoms. The van der Waals surface area contributed by atoms with E-state index in [2.05, 4.69) is 41.4 Å². The molecule has 0 N–H and O–H groups in total.